The summed E-state index contributed by atoms with van der Waals surface area (Å²) in [5.41, 5.74) is 4.16. The van der Waals surface area contributed by atoms with Crippen molar-refractivity contribution >= 4 is 33.0 Å². The van der Waals surface area contributed by atoms with E-state index < -0.39 is 15.9 Å². The van der Waals surface area contributed by atoms with Crippen LogP contribution in [0.25, 0.3) is 0 Å². The number of amides is 1. The van der Waals surface area contributed by atoms with Gasteiger partial charge in [-0.1, -0.05) is 30.3 Å². The molecule has 0 atom stereocenters. The van der Waals surface area contributed by atoms with Crippen LogP contribution in [0.1, 0.15) is 15.9 Å². The fraction of sp³-hybridized carbons (Fsp3) is 0.269. The highest BCUT2D eigenvalue weighted by Gasteiger charge is 2.30. The maximum absolute atomic E-state index is 13.3. The number of carbonyl (C=O) groups is 1. The van der Waals surface area contributed by atoms with Gasteiger partial charge in [0.1, 0.15) is 10.6 Å². The molecule has 2 aliphatic rings. The zero-order valence-corrected chi connectivity index (χ0v) is 20.3. The Balaban J connectivity index is 1.44. The van der Waals surface area contributed by atoms with Crippen molar-refractivity contribution in [2.75, 3.05) is 50.2 Å². The minimum atomic E-state index is -3.85. The Hall–Kier alpha value is -3.40. The first-order chi connectivity index (χ1) is 17.0. The highest BCUT2D eigenvalue weighted by molar-refractivity contribution is 7.89. The van der Waals surface area contributed by atoms with Crippen LogP contribution in [0.3, 0.4) is 0 Å². The molecule has 8 nitrogen and oxygen atoms in total. The van der Waals surface area contributed by atoms with Crippen LogP contribution in [0, 0.1) is 0 Å². The van der Waals surface area contributed by atoms with Crippen LogP contribution in [0.15, 0.2) is 71.6 Å². The lowest BCUT2D eigenvalue weighted by molar-refractivity contribution is 0.0729. The molecule has 2 aliphatic heterocycles. The molecule has 0 saturated carbocycles. The summed E-state index contributed by atoms with van der Waals surface area (Å²) in [6.45, 7) is 1.99. The van der Waals surface area contributed by atoms with Crippen LogP contribution in [0.2, 0.25) is 0 Å². The Labute approximate surface area is 205 Å². The van der Waals surface area contributed by atoms with Gasteiger partial charge in [0.15, 0.2) is 0 Å². The average Bonchev–Trinajstić information content (AvgIpc) is 3.33. The number of nitrogens with one attached hydrogen (secondary N) is 1. The molecule has 0 aromatic heterocycles. The third-order valence-corrected chi connectivity index (χ3v) is 8.26. The number of hydrogen-bond donors (Lipinski definition) is 1. The van der Waals surface area contributed by atoms with Gasteiger partial charge in [0, 0.05) is 30.9 Å². The van der Waals surface area contributed by atoms with Gasteiger partial charge in [-0.2, -0.15) is 4.31 Å². The lowest BCUT2D eigenvalue weighted by Crippen LogP contribution is -2.40. The van der Waals surface area contributed by atoms with E-state index in [2.05, 4.69) is 22.3 Å². The van der Waals surface area contributed by atoms with Crippen molar-refractivity contribution in [2.24, 2.45) is 0 Å². The molecule has 0 aliphatic carbocycles. The first kappa shape index (κ1) is 23.3. The maximum atomic E-state index is 13.3. The van der Waals surface area contributed by atoms with Crippen molar-refractivity contribution in [3.8, 4) is 5.75 Å². The summed E-state index contributed by atoms with van der Waals surface area (Å²) in [6.07, 6.45) is 0.930. The maximum Gasteiger partial charge on any atom is 0.255 e. The van der Waals surface area contributed by atoms with E-state index in [9.17, 15) is 13.2 Å². The lowest BCUT2D eigenvalue weighted by atomic mass is 10.1. The van der Waals surface area contributed by atoms with Gasteiger partial charge in [-0.25, -0.2) is 8.42 Å². The third kappa shape index (κ3) is 4.50. The summed E-state index contributed by atoms with van der Waals surface area (Å²) in [5, 5.41) is 2.98. The number of fused-ring (bicyclic) bond motifs is 1. The molecular weight excluding hydrogens is 466 g/mol. The van der Waals surface area contributed by atoms with Crippen molar-refractivity contribution < 1.29 is 22.7 Å². The molecule has 0 bridgehead atoms. The lowest BCUT2D eigenvalue weighted by Gasteiger charge is -2.27. The van der Waals surface area contributed by atoms with E-state index in [1.165, 1.54) is 29.1 Å². The molecule has 3 aromatic rings. The normalized spacial score (nSPS) is 16.1. The zero-order valence-electron chi connectivity index (χ0n) is 19.4. The summed E-state index contributed by atoms with van der Waals surface area (Å²) < 4.78 is 38.6. The Bertz CT molecular complexity index is 1350. The predicted molar refractivity (Wildman–Crippen MR) is 134 cm³/mol. The summed E-state index contributed by atoms with van der Waals surface area (Å²) in [4.78, 5) is 15.4. The number of para-hydroxylation sites is 3. The fourth-order valence-corrected chi connectivity index (χ4v) is 6.13. The van der Waals surface area contributed by atoms with Crippen LogP contribution in [-0.2, 0) is 21.2 Å². The average molecular weight is 494 g/mol. The van der Waals surface area contributed by atoms with E-state index >= 15 is 0 Å². The van der Waals surface area contributed by atoms with Crippen molar-refractivity contribution in [3.63, 3.8) is 0 Å². The SMILES string of the molecule is COc1ccc(C(=O)Nc2ccccc2N2CCc3ccccc32)cc1S(=O)(=O)N1CCOCC1. The highest BCUT2D eigenvalue weighted by atomic mass is 32.2. The number of rotatable bonds is 6. The van der Waals surface area contributed by atoms with Crippen molar-refractivity contribution in [3.05, 3.63) is 77.9 Å². The standard InChI is InChI=1S/C26H27N3O5S/c1-33-24-11-10-20(18-25(24)35(31,32)28-14-16-34-17-15-28)26(30)27-21-7-3-5-9-23(21)29-13-12-19-6-2-4-8-22(19)29/h2-11,18H,12-17H2,1H3,(H,27,30). The molecule has 35 heavy (non-hydrogen) atoms. The Kier molecular flexibility index (Phi) is 6.46. The molecule has 9 heteroatoms. The van der Waals surface area contributed by atoms with Gasteiger partial charge >= 0.3 is 0 Å². The first-order valence-electron chi connectivity index (χ1n) is 11.5. The van der Waals surface area contributed by atoms with Gasteiger partial charge in [0.2, 0.25) is 10.0 Å². The van der Waals surface area contributed by atoms with E-state index in [4.69, 9.17) is 9.47 Å². The van der Waals surface area contributed by atoms with Crippen molar-refractivity contribution in [2.45, 2.75) is 11.3 Å². The largest absolute Gasteiger partial charge is 0.495 e. The van der Waals surface area contributed by atoms with E-state index in [0.29, 0.717) is 18.9 Å². The Morgan fingerprint density at radius 1 is 0.943 bits per heavy atom. The minimum Gasteiger partial charge on any atom is -0.495 e. The summed E-state index contributed by atoms with van der Waals surface area (Å²) in [7, 11) is -2.43. The molecule has 1 saturated heterocycles. The van der Waals surface area contributed by atoms with Crippen molar-refractivity contribution in [1.82, 2.24) is 4.31 Å². The Morgan fingerprint density at radius 3 is 2.43 bits per heavy atom. The quantitative estimate of drug-likeness (QED) is 0.564. The smallest absolute Gasteiger partial charge is 0.255 e. The van der Waals surface area contributed by atoms with E-state index in [1.54, 1.807) is 6.07 Å². The molecule has 0 unspecified atom stereocenters. The molecule has 0 radical (unpaired) electrons. The highest BCUT2D eigenvalue weighted by Crippen LogP contribution is 2.38. The number of carbonyl (C=O) groups excluding carboxylic acids is 1. The van der Waals surface area contributed by atoms with E-state index in [-0.39, 0.29) is 29.3 Å². The summed E-state index contributed by atoms with van der Waals surface area (Å²) in [5.74, 6) is -0.201. The topological polar surface area (TPSA) is 88.2 Å². The molecule has 3 aromatic carbocycles. The van der Waals surface area contributed by atoms with Crippen LogP contribution in [0.5, 0.6) is 5.75 Å². The van der Waals surface area contributed by atoms with E-state index in [1.807, 2.05) is 36.4 Å². The van der Waals surface area contributed by atoms with E-state index in [0.717, 1.165) is 24.3 Å². The van der Waals surface area contributed by atoms with Gasteiger partial charge in [-0.15, -0.1) is 0 Å². The Morgan fingerprint density at radius 2 is 1.66 bits per heavy atom. The van der Waals surface area contributed by atoms with Gasteiger partial charge in [-0.05, 0) is 48.4 Å². The predicted octanol–water partition coefficient (Wildman–Crippen LogP) is 3.66. The molecule has 182 valence electrons. The number of benzene rings is 3. The zero-order chi connectivity index (χ0) is 24.4. The molecule has 5 rings (SSSR count). The molecule has 1 N–H and O–H groups in total. The summed E-state index contributed by atoms with van der Waals surface area (Å²) in [6, 6.07) is 20.3. The second kappa shape index (κ2) is 9.69. The molecule has 1 fully saturated rings. The van der Waals surface area contributed by atoms with Gasteiger partial charge < -0.3 is 19.7 Å². The van der Waals surface area contributed by atoms with Gasteiger partial charge in [-0.3, -0.25) is 4.79 Å². The van der Waals surface area contributed by atoms with Crippen LogP contribution in [-0.4, -0.2) is 58.6 Å². The number of hydrogen-bond acceptors (Lipinski definition) is 6. The van der Waals surface area contributed by atoms with Crippen LogP contribution < -0.4 is 15.0 Å². The van der Waals surface area contributed by atoms with Gasteiger partial charge in [0.25, 0.3) is 5.91 Å². The number of sulfonamides is 1. The number of ether oxygens (including phenoxy) is 2. The first-order valence-corrected chi connectivity index (χ1v) is 12.9. The second-order valence-electron chi connectivity index (χ2n) is 8.38. The number of anilines is 3. The second-order valence-corrected chi connectivity index (χ2v) is 10.3. The van der Waals surface area contributed by atoms with Crippen LogP contribution in [0.4, 0.5) is 17.1 Å². The fourth-order valence-electron chi connectivity index (χ4n) is 4.54. The van der Waals surface area contributed by atoms with Crippen molar-refractivity contribution in [1.29, 1.82) is 0 Å². The molecule has 2 heterocycles. The number of morpholine rings is 1. The monoisotopic (exact) mass is 493 g/mol. The van der Waals surface area contributed by atoms with Crippen LogP contribution >= 0.6 is 0 Å². The molecule has 1 amide bonds. The summed E-state index contributed by atoms with van der Waals surface area (Å²) >= 11 is 0. The number of nitrogens with zero attached hydrogens (tertiary/aromatic N) is 2. The molecular formula is C26H27N3O5S. The minimum absolute atomic E-state index is 0.0312. The number of methoxy groups -OCH3 is 1. The third-order valence-electron chi connectivity index (χ3n) is 6.34. The molecule has 0 spiro atoms. The van der Waals surface area contributed by atoms with Gasteiger partial charge in [0.05, 0.1) is 31.7 Å².